The Balaban J connectivity index is 1.73. The molecule has 1 atom stereocenters. The van der Waals surface area contributed by atoms with E-state index >= 15 is 0 Å². The van der Waals surface area contributed by atoms with Crippen molar-refractivity contribution in [3.05, 3.63) is 64.7 Å². The van der Waals surface area contributed by atoms with Crippen molar-refractivity contribution in [1.82, 2.24) is 5.32 Å². The van der Waals surface area contributed by atoms with Gasteiger partial charge in [-0.1, -0.05) is 41.4 Å². The quantitative estimate of drug-likeness (QED) is 0.860. The first kappa shape index (κ1) is 14.9. The molecule has 0 saturated heterocycles. The molecule has 0 fully saturated rings. The fourth-order valence-corrected chi connectivity index (χ4v) is 1.93. The lowest BCUT2D eigenvalue weighted by Gasteiger charge is -2.15. The Bertz CT molecular complexity index is 472. The van der Waals surface area contributed by atoms with Gasteiger partial charge in [-0.3, -0.25) is 0 Å². The smallest absolute Gasteiger partial charge is 0.119 e. The van der Waals surface area contributed by atoms with E-state index in [9.17, 15) is 0 Å². The zero-order valence-electron chi connectivity index (χ0n) is 11.9. The highest BCUT2D eigenvalue weighted by atomic mass is 35.5. The largest absolute Gasteiger partial charge is 0.492 e. The second-order valence-electron chi connectivity index (χ2n) is 5.03. The Hall–Kier alpha value is -1.51. The number of rotatable bonds is 6. The zero-order chi connectivity index (χ0) is 14.4. The summed E-state index contributed by atoms with van der Waals surface area (Å²) in [7, 11) is 0. The van der Waals surface area contributed by atoms with Crippen molar-refractivity contribution in [2.75, 3.05) is 6.61 Å². The lowest BCUT2D eigenvalue weighted by molar-refractivity contribution is 0.272. The summed E-state index contributed by atoms with van der Waals surface area (Å²) in [5.74, 6) is 0.913. The Labute approximate surface area is 125 Å². The lowest BCUT2D eigenvalue weighted by atomic mass is 10.2. The maximum absolute atomic E-state index is 5.86. The van der Waals surface area contributed by atoms with Gasteiger partial charge < -0.3 is 10.1 Å². The molecule has 1 N–H and O–H groups in total. The van der Waals surface area contributed by atoms with Crippen LogP contribution in [0.1, 0.15) is 18.1 Å². The second kappa shape index (κ2) is 7.32. The van der Waals surface area contributed by atoms with E-state index in [0.717, 1.165) is 17.3 Å². The van der Waals surface area contributed by atoms with Gasteiger partial charge in [-0.05, 0) is 43.7 Å². The van der Waals surface area contributed by atoms with E-state index in [-0.39, 0.29) is 6.04 Å². The van der Waals surface area contributed by atoms with E-state index in [1.54, 1.807) is 0 Å². The number of halogens is 1. The number of hydrogen-bond donors (Lipinski definition) is 1. The van der Waals surface area contributed by atoms with Crippen molar-refractivity contribution in [1.29, 1.82) is 0 Å². The molecule has 0 bridgehead atoms. The van der Waals surface area contributed by atoms with Crippen LogP contribution in [-0.4, -0.2) is 12.6 Å². The minimum Gasteiger partial charge on any atom is -0.492 e. The summed E-state index contributed by atoms with van der Waals surface area (Å²) in [5.41, 5.74) is 2.46. The van der Waals surface area contributed by atoms with Crippen molar-refractivity contribution in [3.8, 4) is 5.75 Å². The molecule has 1 unspecified atom stereocenters. The first-order chi connectivity index (χ1) is 9.63. The molecule has 0 saturated carbocycles. The Morgan fingerprint density at radius 1 is 1.05 bits per heavy atom. The van der Waals surface area contributed by atoms with Crippen LogP contribution in [0.15, 0.2) is 48.5 Å². The predicted octanol–water partition coefficient (Wildman–Crippen LogP) is 4.21. The molecular formula is C17H20ClNO. The molecule has 2 aromatic rings. The minimum atomic E-state index is 0.284. The standard InChI is InChI=1S/C17H20ClNO/c1-13-3-9-17(10-4-13)20-12-14(2)19-11-15-5-7-16(18)8-6-15/h3-10,14,19H,11-12H2,1-2H3. The van der Waals surface area contributed by atoms with Gasteiger partial charge in [-0.2, -0.15) is 0 Å². The van der Waals surface area contributed by atoms with E-state index < -0.39 is 0 Å². The highest BCUT2D eigenvalue weighted by Gasteiger charge is 2.03. The van der Waals surface area contributed by atoms with Crippen LogP contribution in [0, 0.1) is 6.92 Å². The van der Waals surface area contributed by atoms with Gasteiger partial charge in [0.1, 0.15) is 12.4 Å². The normalized spacial score (nSPS) is 12.2. The van der Waals surface area contributed by atoms with Crippen LogP contribution in [0.3, 0.4) is 0 Å². The third kappa shape index (κ3) is 4.87. The molecule has 0 amide bonds. The summed E-state index contributed by atoms with van der Waals surface area (Å²) in [6.07, 6.45) is 0. The number of benzene rings is 2. The van der Waals surface area contributed by atoms with E-state index in [1.807, 2.05) is 36.4 Å². The molecule has 3 heteroatoms. The molecule has 106 valence electrons. The van der Waals surface area contributed by atoms with Crippen molar-refractivity contribution >= 4 is 11.6 Å². The van der Waals surface area contributed by atoms with E-state index in [2.05, 4.69) is 31.3 Å². The first-order valence-corrected chi connectivity index (χ1v) is 7.18. The molecule has 0 spiro atoms. The lowest BCUT2D eigenvalue weighted by Crippen LogP contribution is -2.31. The van der Waals surface area contributed by atoms with Crippen molar-refractivity contribution < 1.29 is 4.74 Å². The first-order valence-electron chi connectivity index (χ1n) is 6.81. The fraction of sp³-hybridized carbons (Fsp3) is 0.294. The van der Waals surface area contributed by atoms with E-state index in [0.29, 0.717) is 6.61 Å². The summed E-state index contributed by atoms with van der Waals surface area (Å²) in [4.78, 5) is 0. The zero-order valence-corrected chi connectivity index (χ0v) is 12.7. The topological polar surface area (TPSA) is 21.3 Å². The van der Waals surface area contributed by atoms with Crippen LogP contribution < -0.4 is 10.1 Å². The average Bonchev–Trinajstić information content (AvgIpc) is 2.46. The number of nitrogens with one attached hydrogen (secondary N) is 1. The molecule has 0 aliphatic heterocycles. The van der Waals surface area contributed by atoms with Crippen molar-refractivity contribution in [2.45, 2.75) is 26.4 Å². The third-order valence-electron chi connectivity index (χ3n) is 3.09. The van der Waals surface area contributed by atoms with E-state index in [1.165, 1.54) is 11.1 Å². The molecule has 0 aliphatic carbocycles. The van der Waals surface area contributed by atoms with E-state index in [4.69, 9.17) is 16.3 Å². The van der Waals surface area contributed by atoms with Gasteiger partial charge >= 0.3 is 0 Å². The van der Waals surface area contributed by atoms with Gasteiger partial charge in [0.25, 0.3) is 0 Å². The molecule has 0 aliphatic rings. The predicted molar refractivity (Wildman–Crippen MR) is 84.4 cm³/mol. The van der Waals surface area contributed by atoms with Gasteiger partial charge in [0, 0.05) is 17.6 Å². The molecule has 0 aromatic heterocycles. The molecule has 20 heavy (non-hydrogen) atoms. The van der Waals surface area contributed by atoms with Gasteiger partial charge in [0.05, 0.1) is 0 Å². The van der Waals surface area contributed by atoms with Crippen molar-refractivity contribution in [2.24, 2.45) is 0 Å². The summed E-state index contributed by atoms with van der Waals surface area (Å²) in [6, 6.07) is 16.3. The average molecular weight is 290 g/mol. The monoisotopic (exact) mass is 289 g/mol. The summed E-state index contributed by atoms with van der Waals surface area (Å²) in [6.45, 7) is 5.65. The van der Waals surface area contributed by atoms with Gasteiger partial charge in [-0.25, -0.2) is 0 Å². The second-order valence-corrected chi connectivity index (χ2v) is 5.47. The highest BCUT2D eigenvalue weighted by molar-refractivity contribution is 6.30. The number of aryl methyl sites for hydroxylation is 1. The summed E-state index contributed by atoms with van der Waals surface area (Å²) >= 11 is 5.86. The van der Waals surface area contributed by atoms with Crippen LogP contribution >= 0.6 is 11.6 Å². The third-order valence-corrected chi connectivity index (χ3v) is 3.34. The molecule has 0 heterocycles. The van der Waals surface area contributed by atoms with Gasteiger partial charge in [0.2, 0.25) is 0 Å². The summed E-state index contributed by atoms with van der Waals surface area (Å²) < 4.78 is 5.75. The van der Waals surface area contributed by atoms with Crippen LogP contribution in [-0.2, 0) is 6.54 Å². The Morgan fingerprint density at radius 2 is 1.70 bits per heavy atom. The number of hydrogen-bond acceptors (Lipinski definition) is 2. The summed E-state index contributed by atoms with van der Waals surface area (Å²) in [5, 5.41) is 4.20. The molecule has 0 radical (unpaired) electrons. The van der Waals surface area contributed by atoms with Gasteiger partial charge in [0.15, 0.2) is 0 Å². The highest BCUT2D eigenvalue weighted by Crippen LogP contribution is 2.12. The van der Waals surface area contributed by atoms with Crippen LogP contribution in [0.4, 0.5) is 0 Å². The van der Waals surface area contributed by atoms with Crippen molar-refractivity contribution in [3.63, 3.8) is 0 Å². The minimum absolute atomic E-state index is 0.284. The van der Waals surface area contributed by atoms with Crippen LogP contribution in [0.25, 0.3) is 0 Å². The van der Waals surface area contributed by atoms with Crippen LogP contribution in [0.5, 0.6) is 5.75 Å². The Kier molecular flexibility index (Phi) is 5.45. The molecular weight excluding hydrogens is 270 g/mol. The molecule has 2 aromatic carbocycles. The van der Waals surface area contributed by atoms with Gasteiger partial charge in [-0.15, -0.1) is 0 Å². The molecule has 2 nitrogen and oxygen atoms in total. The number of ether oxygens (including phenoxy) is 1. The Morgan fingerprint density at radius 3 is 2.35 bits per heavy atom. The maximum Gasteiger partial charge on any atom is 0.119 e. The maximum atomic E-state index is 5.86. The van der Waals surface area contributed by atoms with Crippen LogP contribution in [0.2, 0.25) is 5.02 Å². The molecule has 2 rings (SSSR count). The fourth-order valence-electron chi connectivity index (χ4n) is 1.81. The SMILES string of the molecule is Cc1ccc(OCC(C)NCc2ccc(Cl)cc2)cc1.